The molecule has 0 aliphatic carbocycles. The Labute approximate surface area is 177 Å². The van der Waals surface area contributed by atoms with Gasteiger partial charge in [0.15, 0.2) is 0 Å². The minimum absolute atomic E-state index is 0.0878. The predicted molar refractivity (Wildman–Crippen MR) is 119 cm³/mol. The van der Waals surface area contributed by atoms with Crippen LogP contribution in [0.3, 0.4) is 0 Å². The average Bonchev–Trinajstić information content (AvgIpc) is 2.99. The summed E-state index contributed by atoms with van der Waals surface area (Å²) >= 11 is 1.84. The summed E-state index contributed by atoms with van der Waals surface area (Å²) in [6.45, 7) is 11.9. The molecule has 2 aliphatic rings. The number of amides is 1. The van der Waals surface area contributed by atoms with Gasteiger partial charge in [-0.25, -0.2) is 0 Å². The largest absolute Gasteiger partial charge is 0.309 e. The number of benzene rings is 1. The number of carbonyl (C=O) groups excluding carboxylic acids is 1. The number of thioether (sulfide) groups is 1. The molecule has 3 heterocycles. The van der Waals surface area contributed by atoms with Gasteiger partial charge in [0.1, 0.15) is 0 Å². The standard InChI is InChI=1S/C22H31N5OS/c1-16-19(17(2)24(4)23-16)15-25-9-11-26(12-10-25)18(3)22(28)27-13-14-29-21-8-6-5-7-20(21)27/h5-8,18H,9-15H2,1-4H3. The molecule has 2 aliphatic heterocycles. The monoisotopic (exact) mass is 413 g/mol. The summed E-state index contributed by atoms with van der Waals surface area (Å²) in [6.07, 6.45) is 0. The summed E-state index contributed by atoms with van der Waals surface area (Å²) in [5.74, 6) is 1.19. The maximum Gasteiger partial charge on any atom is 0.244 e. The fraction of sp³-hybridized carbons (Fsp3) is 0.545. The maximum absolute atomic E-state index is 13.3. The number of carbonyl (C=O) groups is 1. The van der Waals surface area contributed by atoms with Crippen molar-refractivity contribution >= 4 is 23.4 Å². The average molecular weight is 414 g/mol. The third kappa shape index (κ3) is 4.09. The normalized spacial score (nSPS) is 19.2. The minimum atomic E-state index is -0.0878. The van der Waals surface area contributed by atoms with Crippen molar-refractivity contribution < 1.29 is 4.79 Å². The SMILES string of the molecule is Cc1nn(C)c(C)c1CN1CCN(C(C)C(=O)N2CCSc3ccccc32)CC1. The van der Waals surface area contributed by atoms with Gasteiger partial charge in [-0.15, -0.1) is 11.8 Å². The van der Waals surface area contributed by atoms with E-state index in [9.17, 15) is 4.79 Å². The number of piperazine rings is 1. The van der Waals surface area contributed by atoms with Gasteiger partial charge in [-0.05, 0) is 32.9 Å². The Morgan fingerprint density at radius 1 is 1.14 bits per heavy atom. The van der Waals surface area contributed by atoms with Gasteiger partial charge in [0.25, 0.3) is 0 Å². The molecule has 0 radical (unpaired) electrons. The van der Waals surface area contributed by atoms with Crippen molar-refractivity contribution in [2.24, 2.45) is 7.05 Å². The van der Waals surface area contributed by atoms with E-state index in [0.29, 0.717) is 0 Å². The molecule has 7 heteroatoms. The van der Waals surface area contributed by atoms with Crippen molar-refractivity contribution in [3.05, 3.63) is 41.2 Å². The quantitative estimate of drug-likeness (QED) is 0.771. The van der Waals surface area contributed by atoms with Crippen LogP contribution in [0.2, 0.25) is 0 Å². The first-order valence-corrected chi connectivity index (χ1v) is 11.4. The number of rotatable bonds is 4. The summed E-state index contributed by atoms with van der Waals surface area (Å²) in [5, 5.41) is 4.54. The molecule has 1 atom stereocenters. The molecule has 6 nitrogen and oxygen atoms in total. The molecule has 1 unspecified atom stereocenters. The Bertz CT molecular complexity index is 887. The minimum Gasteiger partial charge on any atom is -0.309 e. The van der Waals surface area contributed by atoms with Crippen molar-refractivity contribution in [2.75, 3.05) is 43.4 Å². The number of aromatic nitrogens is 2. The lowest BCUT2D eigenvalue weighted by Crippen LogP contribution is -2.55. The molecule has 1 fully saturated rings. The van der Waals surface area contributed by atoms with E-state index >= 15 is 0 Å². The van der Waals surface area contributed by atoms with Gasteiger partial charge in [0, 0.05) is 68.2 Å². The van der Waals surface area contributed by atoms with Crippen LogP contribution in [-0.2, 0) is 18.4 Å². The van der Waals surface area contributed by atoms with Crippen molar-refractivity contribution in [3.8, 4) is 0 Å². The zero-order valence-electron chi connectivity index (χ0n) is 17.9. The molecule has 156 valence electrons. The van der Waals surface area contributed by atoms with Crippen LogP contribution in [0.4, 0.5) is 5.69 Å². The molecule has 0 saturated carbocycles. The molecule has 0 N–H and O–H groups in total. The Morgan fingerprint density at radius 2 is 1.86 bits per heavy atom. The first kappa shape index (κ1) is 20.4. The van der Waals surface area contributed by atoms with Crippen LogP contribution < -0.4 is 4.90 Å². The molecular formula is C22H31N5OS. The second kappa shape index (κ2) is 8.50. The lowest BCUT2D eigenvalue weighted by Gasteiger charge is -2.40. The number of nitrogens with zero attached hydrogens (tertiary/aromatic N) is 5. The maximum atomic E-state index is 13.3. The van der Waals surface area contributed by atoms with Gasteiger partial charge in [-0.3, -0.25) is 19.3 Å². The molecule has 1 aromatic heterocycles. The summed E-state index contributed by atoms with van der Waals surface area (Å²) in [7, 11) is 2.01. The van der Waals surface area contributed by atoms with Crippen molar-refractivity contribution in [1.29, 1.82) is 0 Å². The van der Waals surface area contributed by atoms with Crippen LogP contribution in [0.15, 0.2) is 29.2 Å². The summed E-state index contributed by atoms with van der Waals surface area (Å²) < 4.78 is 1.97. The van der Waals surface area contributed by atoms with Gasteiger partial charge in [0.2, 0.25) is 5.91 Å². The van der Waals surface area contributed by atoms with Gasteiger partial charge >= 0.3 is 0 Å². The van der Waals surface area contributed by atoms with E-state index < -0.39 is 0 Å². The fourth-order valence-corrected chi connectivity index (χ4v) is 5.35. The lowest BCUT2D eigenvalue weighted by molar-refractivity contribution is -0.124. The highest BCUT2D eigenvalue weighted by Crippen LogP contribution is 2.34. The van der Waals surface area contributed by atoms with E-state index in [4.69, 9.17) is 0 Å². The Kier molecular flexibility index (Phi) is 5.99. The van der Waals surface area contributed by atoms with Crippen LogP contribution in [0.5, 0.6) is 0 Å². The van der Waals surface area contributed by atoms with Crippen molar-refractivity contribution in [2.45, 2.75) is 38.3 Å². The van der Waals surface area contributed by atoms with E-state index in [1.54, 1.807) is 0 Å². The van der Waals surface area contributed by atoms with E-state index in [2.05, 4.69) is 47.8 Å². The van der Waals surface area contributed by atoms with Crippen LogP contribution in [0.1, 0.15) is 23.9 Å². The smallest absolute Gasteiger partial charge is 0.244 e. The summed E-state index contributed by atoms with van der Waals surface area (Å²) in [4.78, 5) is 21.3. The Hall–Kier alpha value is -1.83. The van der Waals surface area contributed by atoms with Crippen LogP contribution in [0.25, 0.3) is 0 Å². The van der Waals surface area contributed by atoms with Gasteiger partial charge in [-0.1, -0.05) is 12.1 Å². The van der Waals surface area contributed by atoms with Crippen LogP contribution >= 0.6 is 11.8 Å². The highest BCUT2D eigenvalue weighted by molar-refractivity contribution is 7.99. The van der Waals surface area contributed by atoms with Gasteiger partial charge in [-0.2, -0.15) is 5.10 Å². The van der Waals surface area contributed by atoms with Crippen LogP contribution in [-0.4, -0.2) is 70.0 Å². The summed E-state index contributed by atoms with van der Waals surface area (Å²) in [6, 6.07) is 8.17. The molecule has 0 bridgehead atoms. The second-order valence-electron chi connectivity index (χ2n) is 8.07. The molecule has 2 aromatic rings. The van der Waals surface area contributed by atoms with Gasteiger partial charge < -0.3 is 4.90 Å². The Morgan fingerprint density at radius 3 is 2.55 bits per heavy atom. The van der Waals surface area contributed by atoms with Crippen molar-refractivity contribution in [1.82, 2.24) is 19.6 Å². The number of para-hydroxylation sites is 1. The Balaban J connectivity index is 1.37. The molecule has 4 rings (SSSR count). The van der Waals surface area contributed by atoms with Crippen molar-refractivity contribution in [3.63, 3.8) is 0 Å². The second-order valence-corrected chi connectivity index (χ2v) is 9.20. The van der Waals surface area contributed by atoms with E-state index in [-0.39, 0.29) is 11.9 Å². The first-order chi connectivity index (χ1) is 14.0. The highest BCUT2D eigenvalue weighted by atomic mass is 32.2. The molecule has 29 heavy (non-hydrogen) atoms. The summed E-state index contributed by atoms with van der Waals surface area (Å²) in [5.41, 5.74) is 4.78. The molecule has 1 amide bonds. The fourth-order valence-electron chi connectivity index (χ4n) is 4.36. The number of hydrogen-bond donors (Lipinski definition) is 0. The van der Waals surface area contributed by atoms with E-state index in [1.165, 1.54) is 16.2 Å². The third-order valence-corrected chi connectivity index (χ3v) is 7.39. The highest BCUT2D eigenvalue weighted by Gasteiger charge is 2.31. The van der Waals surface area contributed by atoms with Gasteiger partial charge in [0.05, 0.1) is 17.4 Å². The molecule has 1 saturated heterocycles. The zero-order chi connectivity index (χ0) is 20.5. The number of aryl methyl sites for hydroxylation is 2. The number of hydrogen-bond acceptors (Lipinski definition) is 5. The molecule has 0 spiro atoms. The zero-order valence-corrected chi connectivity index (χ0v) is 18.7. The number of anilines is 1. The first-order valence-electron chi connectivity index (χ1n) is 10.4. The lowest BCUT2D eigenvalue weighted by atomic mass is 10.1. The van der Waals surface area contributed by atoms with Crippen LogP contribution in [0, 0.1) is 13.8 Å². The third-order valence-electron chi connectivity index (χ3n) is 6.35. The van der Waals surface area contributed by atoms with E-state index in [1.807, 2.05) is 40.5 Å². The van der Waals surface area contributed by atoms with E-state index in [0.717, 1.165) is 56.4 Å². The molecule has 1 aromatic carbocycles. The predicted octanol–water partition coefficient (Wildman–Crippen LogP) is 2.68. The topological polar surface area (TPSA) is 44.6 Å². The molecular weight excluding hydrogens is 382 g/mol. The number of fused-ring (bicyclic) bond motifs is 1.